The second-order valence-electron chi connectivity index (χ2n) is 9.84. The molecule has 35 heavy (non-hydrogen) atoms. The summed E-state index contributed by atoms with van der Waals surface area (Å²) in [6.45, 7) is 6.67. The molecule has 2 N–H and O–H groups in total. The number of rotatable bonds is 9. The number of aromatic nitrogens is 1. The van der Waals surface area contributed by atoms with E-state index in [9.17, 15) is 0 Å². The Morgan fingerprint density at radius 1 is 0.971 bits per heavy atom. The standard InChI is InChI=1S/C31H35N2OP/c1-22-11-13-25-14-17-27(33-29(25)19-22)16-12-23-7-6-9-26(20-23)30(34-32)18-15-24-8-4-5-10-28(24)31(2,3)21-35/h4-14,16-17,19-20,30H,15,18,21,32,35H2,1-3H3/b16-12+. The summed E-state index contributed by atoms with van der Waals surface area (Å²) in [7, 11) is 2.88. The molecule has 0 bridgehead atoms. The van der Waals surface area contributed by atoms with Gasteiger partial charge in [0.1, 0.15) is 6.10 Å². The molecular formula is C31H35N2OP. The van der Waals surface area contributed by atoms with Crippen molar-refractivity contribution < 1.29 is 4.84 Å². The number of fused-ring (bicyclic) bond motifs is 1. The van der Waals surface area contributed by atoms with E-state index < -0.39 is 0 Å². The third kappa shape index (κ3) is 6.24. The second-order valence-corrected chi connectivity index (χ2v) is 10.3. The molecule has 3 aromatic carbocycles. The molecule has 0 aliphatic rings. The van der Waals surface area contributed by atoms with Gasteiger partial charge < -0.3 is 0 Å². The zero-order chi connectivity index (χ0) is 24.8. The van der Waals surface area contributed by atoms with Crippen molar-refractivity contribution in [2.75, 3.05) is 6.16 Å². The highest BCUT2D eigenvalue weighted by atomic mass is 31.0. The van der Waals surface area contributed by atoms with Crippen LogP contribution in [0.15, 0.2) is 78.9 Å². The zero-order valence-electron chi connectivity index (χ0n) is 20.9. The van der Waals surface area contributed by atoms with Gasteiger partial charge in [0.25, 0.3) is 0 Å². The molecule has 2 atom stereocenters. The lowest BCUT2D eigenvalue weighted by molar-refractivity contribution is 0.0467. The summed E-state index contributed by atoms with van der Waals surface area (Å²) in [5.41, 5.74) is 8.21. The summed E-state index contributed by atoms with van der Waals surface area (Å²) >= 11 is 0. The molecule has 0 spiro atoms. The smallest absolute Gasteiger partial charge is 0.104 e. The lowest BCUT2D eigenvalue weighted by Gasteiger charge is -2.27. The van der Waals surface area contributed by atoms with Gasteiger partial charge in [-0.15, -0.1) is 9.24 Å². The quantitative estimate of drug-likeness (QED) is 0.199. The van der Waals surface area contributed by atoms with Crippen molar-refractivity contribution in [3.8, 4) is 0 Å². The highest BCUT2D eigenvalue weighted by Crippen LogP contribution is 2.31. The molecule has 1 heterocycles. The maximum Gasteiger partial charge on any atom is 0.104 e. The molecule has 0 aliphatic carbocycles. The van der Waals surface area contributed by atoms with Crippen LogP contribution < -0.4 is 5.90 Å². The van der Waals surface area contributed by atoms with Crippen molar-refractivity contribution in [3.63, 3.8) is 0 Å². The van der Waals surface area contributed by atoms with E-state index in [0.29, 0.717) is 0 Å². The monoisotopic (exact) mass is 482 g/mol. The van der Waals surface area contributed by atoms with Crippen LogP contribution in [0.2, 0.25) is 0 Å². The summed E-state index contributed by atoms with van der Waals surface area (Å²) in [4.78, 5) is 10.2. The van der Waals surface area contributed by atoms with E-state index in [4.69, 9.17) is 15.7 Å². The molecule has 0 saturated heterocycles. The summed E-state index contributed by atoms with van der Waals surface area (Å²) in [6, 6.07) is 27.6. The summed E-state index contributed by atoms with van der Waals surface area (Å²) in [6.07, 6.45) is 6.72. The molecule has 0 aliphatic heterocycles. The molecule has 0 saturated carbocycles. The van der Waals surface area contributed by atoms with Crippen molar-refractivity contribution in [2.45, 2.75) is 45.1 Å². The van der Waals surface area contributed by atoms with Crippen LogP contribution in [0, 0.1) is 6.92 Å². The summed E-state index contributed by atoms with van der Waals surface area (Å²) < 4.78 is 0. The molecule has 4 rings (SSSR count). The Balaban J connectivity index is 1.50. The van der Waals surface area contributed by atoms with Crippen molar-refractivity contribution in [1.29, 1.82) is 0 Å². The first-order chi connectivity index (χ1) is 16.9. The van der Waals surface area contributed by atoms with Gasteiger partial charge in [-0.1, -0.05) is 80.6 Å². The predicted octanol–water partition coefficient (Wildman–Crippen LogP) is 7.43. The van der Waals surface area contributed by atoms with Crippen LogP contribution in [-0.2, 0) is 16.7 Å². The Bertz CT molecular complexity index is 1330. The first kappa shape index (κ1) is 25.3. The van der Waals surface area contributed by atoms with Crippen LogP contribution in [0.1, 0.15) is 59.9 Å². The van der Waals surface area contributed by atoms with E-state index in [1.165, 1.54) is 16.7 Å². The molecule has 2 unspecified atom stereocenters. The first-order valence-electron chi connectivity index (χ1n) is 12.2. The minimum absolute atomic E-state index is 0.112. The van der Waals surface area contributed by atoms with Gasteiger partial charge in [0, 0.05) is 5.39 Å². The molecule has 4 aromatic rings. The van der Waals surface area contributed by atoms with E-state index in [1.54, 1.807) is 0 Å². The van der Waals surface area contributed by atoms with E-state index in [1.807, 2.05) is 0 Å². The number of benzene rings is 3. The highest BCUT2D eigenvalue weighted by Gasteiger charge is 2.22. The van der Waals surface area contributed by atoms with Gasteiger partial charge in [0.05, 0.1) is 11.2 Å². The van der Waals surface area contributed by atoms with Crippen LogP contribution in [-0.4, -0.2) is 11.1 Å². The van der Waals surface area contributed by atoms with Gasteiger partial charge >= 0.3 is 0 Å². The molecule has 1 aromatic heterocycles. The molecule has 0 fully saturated rings. The van der Waals surface area contributed by atoms with Crippen LogP contribution in [0.3, 0.4) is 0 Å². The molecule has 0 amide bonds. The average Bonchev–Trinajstić information content (AvgIpc) is 2.88. The number of nitrogens with zero attached hydrogens (tertiary/aromatic N) is 1. The fraction of sp³-hybridized carbons (Fsp3) is 0.258. The Labute approximate surface area is 211 Å². The average molecular weight is 483 g/mol. The van der Waals surface area contributed by atoms with Gasteiger partial charge in [-0.2, -0.15) is 0 Å². The Hall–Kier alpha value is -2.84. The molecule has 0 radical (unpaired) electrons. The maximum absolute atomic E-state index is 5.77. The van der Waals surface area contributed by atoms with E-state index in [-0.39, 0.29) is 11.5 Å². The Morgan fingerprint density at radius 2 is 1.77 bits per heavy atom. The topological polar surface area (TPSA) is 48.1 Å². The van der Waals surface area contributed by atoms with E-state index in [2.05, 4.69) is 121 Å². The second kappa shape index (κ2) is 11.3. The normalized spacial score (nSPS) is 12.9. The van der Waals surface area contributed by atoms with Crippen molar-refractivity contribution in [3.05, 3.63) is 112 Å². The number of pyridine rings is 1. The van der Waals surface area contributed by atoms with Crippen LogP contribution in [0.4, 0.5) is 0 Å². The SMILES string of the molecule is Cc1ccc2ccc(/C=C/c3cccc(C(CCc4ccccc4C(C)(C)CP)ON)c3)nc2c1. The fourth-order valence-corrected chi connectivity index (χ4v) is 4.71. The van der Waals surface area contributed by atoms with Crippen molar-refractivity contribution in [1.82, 2.24) is 4.98 Å². The molecule has 3 nitrogen and oxygen atoms in total. The van der Waals surface area contributed by atoms with Crippen molar-refractivity contribution in [2.24, 2.45) is 5.90 Å². The minimum Gasteiger partial charge on any atom is -0.297 e. The lowest BCUT2D eigenvalue weighted by Crippen LogP contribution is -2.21. The third-order valence-corrected chi connectivity index (χ3v) is 7.72. The largest absolute Gasteiger partial charge is 0.297 e. The van der Waals surface area contributed by atoms with Crippen LogP contribution in [0.5, 0.6) is 0 Å². The van der Waals surface area contributed by atoms with Gasteiger partial charge in [-0.3, -0.25) is 4.84 Å². The number of nitrogens with two attached hydrogens (primary N) is 1. The number of hydrogen-bond donors (Lipinski definition) is 1. The molecular weight excluding hydrogens is 447 g/mol. The van der Waals surface area contributed by atoms with Crippen LogP contribution >= 0.6 is 9.24 Å². The zero-order valence-corrected chi connectivity index (χ0v) is 22.0. The van der Waals surface area contributed by atoms with Crippen LogP contribution in [0.25, 0.3) is 23.1 Å². The first-order valence-corrected chi connectivity index (χ1v) is 13.0. The van der Waals surface area contributed by atoms with Gasteiger partial charge in [-0.25, -0.2) is 10.9 Å². The highest BCUT2D eigenvalue weighted by molar-refractivity contribution is 7.16. The Morgan fingerprint density at radius 3 is 2.57 bits per heavy atom. The molecule has 4 heteroatoms. The van der Waals surface area contributed by atoms with E-state index in [0.717, 1.165) is 46.7 Å². The van der Waals surface area contributed by atoms with Gasteiger partial charge in [0.2, 0.25) is 0 Å². The summed E-state index contributed by atoms with van der Waals surface area (Å²) in [5.74, 6) is 5.77. The summed E-state index contributed by atoms with van der Waals surface area (Å²) in [5, 5.41) is 1.15. The minimum atomic E-state index is -0.169. The molecule has 180 valence electrons. The van der Waals surface area contributed by atoms with Gasteiger partial charge in [0.15, 0.2) is 0 Å². The number of hydrogen-bond acceptors (Lipinski definition) is 3. The van der Waals surface area contributed by atoms with Gasteiger partial charge in [-0.05, 0) is 83.4 Å². The lowest BCUT2D eigenvalue weighted by atomic mass is 9.82. The van der Waals surface area contributed by atoms with E-state index >= 15 is 0 Å². The predicted molar refractivity (Wildman–Crippen MR) is 152 cm³/mol. The Kier molecular flexibility index (Phi) is 8.13. The number of aryl methyl sites for hydroxylation is 2. The third-order valence-electron chi connectivity index (χ3n) is 6.70. The van der Waals surface area contributed by atoms with Crippen molar-refractivity contribution >= 4 is 32.3 Å². The fourth-order valence-electron chi connectivity index (χ4n) is 4.49. The maximum atomic E-state index is 5.77.